The van der Waals surface area contributed by atoms with Gasteiger partial charge in [0.05, 0.1) is 10.1 Å². The zero-order valence-electron chi connectivity index (χ0n) is 17.0. The van der Waals surface area contributed by atoms with Gasteiger partial charge in [0, 0.05) is 5.54 Å². The van der Waals surface area contributed by atoms with Crippen LogP contribution in [0.1, 0.15) is 45.4 Å². The molecule has 1 unspecified atom stereocenters. The van der Waals surface area contributed by atoms with E-state index in [0.29, 0.717) is 5.65 Å². The second-order valence-electron chi connectivity index (χ2n) is 9.39. The summed E-state index contributed by atoms with van der Waals surface area (Å²) in [6.07, 6.45) is 7.68. The first kappa shape index (κ1) is 18.8. The number of hydrogen-bond donors (Lipinski definition) is 1. The fourth-order valence-electron chi connectivity index (χ4n) is 6.26. The molecule has 0 aliphatic heterocycles. The highest BCUT2D eigenvalue weighted by atomic mass is 32.2. The zero-order chi connectivity index (χ0) is 20.3. The summed E-state index contributed by atoms with van der Waals surface area (Å²) in [6.45, 7) is 1.98. The minimum Gasteiger partial charge on any atom is -0.350 e. The van der Waals surface area contributed by atoms with Crippen molar-refractivity contribution in [2.45, 2.75) is 61.3 Å². The molecule has 0 saturated heterocycles. The van der Waals surface area contributed by atoms with E-state index in [1.165, 1.54) is 50.3 Å². The van der Waals surface area contributed by atoms with E-state index in [1.54, 1.807) is 15.9 Å². The molecule has 3 heterocycles. The number of carbonyl (C=O) groups is 1. The van der Waals surface area contributed by atoms with Gasteiger partial charge in [-0.2, -0.15) is 9.61 Å². The summed E-state index contributed by atoms with van der Waals surface area (Å²) in [5.74, 6) is 3.37. The first-order valence-electron chi connectivity index (χ1n) is 10.8. The van der Waals surface area contributed by atoms with Crippen molar-refractivity contribution < 1.29 is 4.79 Å². The Kier molecular flexibility index (Phi) is 4.42. The number of thiophene rings is 1. The first-order chi connectivity index (χ1) is 14.6. The molecule has 1 atom stereocenters. The monoisotopic (exact) mass is 439 g/mol. The van der Waals surface area contributed by atoms with Gasteiger partial charge < -0.3 is 5.32 Å². The van der Waals surface area contributed by atoms with Gasteiger partial charge in [-0.15, -0.1) is 21.5 Å². The van der Waals surface area contributed by atoms with Gasteiger partial charge >= 0.3 is 0 Å². The Morgan fingerprint density at radius 3 is 2.57 bits per heavy atom. The molecule has 3 aromatic heterocycles. The lowest BCUT2D eigenvalue weighted by Gasteiger charge is -2.57. The minimum atomic E-state index is -0.190. The number of nitrogens with zero attached hydrogens (tertiary/aromatic N) is 4. The van der Waals surface area contributed by atoms with Crippen molar-refractivity contribution in [2.24, 2.45) is 17.8 Å². The van der Waals surface area contributed by atoms with Crippen LogP contribution in [0.2, 0.25) is 0 Å². The molecule has 4 aliphatic carbocycles. The molecule has 4 aliphatic rings. The summed E-state index contributed by atoms with van der Waals surface area (Å²) in [4.78, 5) is 14.1. The van der Waals surface area contributed by atoms with Crippen molar-refractivity contribution in [1.82, 2.24) is 25.1 Å². The summed E-state index contributed by atoms with van der Waals surface area (Å²) < 4.78 is 1.78. The standard InChI is InChI=1S/C22H25N5OS2/c1-13(21(28)23-22-10-14-7-15(11-22)9-16(8-14)12-22)30-19-5-4-18-24-25-20(27(18)26-19)17-3-2-6-29-17/h2-6,13-16H,7-12H2,1H3,(H,23,28). The fourth-order valence-corrected chi connectivity index (χ4v) is 7.75. The van der Waals surface area contributed by atoms with Crippen molar-refractivity contribution in [3.05, 3.63) is 29.6 Å². The molecule has 30 heavy (non-hydrogen) atoms. The van der Waals surface area contributed by atoms with Gasteiger partial charge in [-0.05, 0) is 86.8 Å². The van der Waals surface area contributed by atoms with Gasteiger partial charge in [0.2, 0.25) is 5.91 Å². The number of aromatic nitrogens is 4. The van der Waals surface area contributed by atoms with Crippen LogP contribution in [0.4, 0.5) is 0 Å². The number of amides is 1. The highest BCUT2D eigenvalue weighted by molar-refractivity contribution is 8.00. The molecule has 3 aromatic rings. The van der Waals surface area contributed by atoms with Crippen LogP contribution in [0.25, 0.3) is 16.3 Å². The van der Waals surface area contributed by atoms with Crippen molar-refractivity contribution >= 4 is 34.7 Å². The highest BCUT2D eigenvalue weighted by Crippen LogP contribution is 2.55. The lowest BCUT2D eigenvalue weighted by molar-refractivity contribution is -0.126. The molecule has 6 nitrogen and oxygen atoms in total. The van der Waals surface area contributed by atoms with Crippen molar-refractivity contribution in [3.63, 3.8) is 0 Å². The summed E-state index contributed by atoms with van der Waals surface area (Å²) in [5, 5.41) is 19.4. The van der Waals surface area contributed by atoms with Crippen molar-refractivity contribution in [3.8, 4) is 10.7 Å². The Morgan fingerprint density at radius 2 is 1.90 bits per heavy atom. The van der Waals surface area contributed by atoms with E-state index >= 15 is 0 Å². The smallest absolute Gasteiger partial charge is 0.233 e. The molecule has 1 amide bonds. The second kappa shape index (κ2) is 7.05. The van der Waals surface area contributed by atoms with E-state index in [-0.39, 0.29) is 16.7 Å². The number of carbonyl (C=O) groups excluding carboxylic acids is 1. The van der Waals surface area contributed by atoms with Crippen LogP contribution in [0.15, 0.2) is 34.7 Å². The summed E-state index contributed by atoms with van der Waals surface area (Å²) in [6, 6.07) is 7.87. The van der Waals surface area contributed by atoms with Gasteiger partial charge in [-0.25, -0.2) is 0 Å². The molecule has 4 saturated carbocycles. The number of rotatable bonds is 5. The van der Waals surface area contributed by atoms with E-state index in [9.17, 15) is 4.79 Å². The van der Waals surface area contributed by atoms with Crippen LogP contribution in [0, 0.1) is 17.8 Å². The lowest BCUT2D eigenvalue weighted by atomic mass is 9.53. The first-order valence-corrected chi connectivity index (χ1v) is 12.6. The van der Waals surface area contributed by atoms with E-state index in [0.717, 1.165) is 33.5 Å². The number of thioether (sulfide) groups is 1. The Hall–Kier alpha value is -1.93. The van der Waals surface area contributed by atoms with Gasteiger partial charge in [0.25, 0.3) is 0 Å². The Morgan fingerprint density at radius 1 is 1.17 bits per heavy atom. The third-order valence-corrected chi connectivity index (χ3v) is 8.97. The Labute approximate surface area is 183 Å². The van der Waals surface area contributed by atoms with E-state index < -0.39 is 0 Å². The molecule has 0 spiro atoms. The van der Waals surface area contributed by atoms with Crippen molar-refractivity contribution in [2.75, 3.05) is 0 Å². The third kappa shape index (κ3) is 3.24. The van der Waals surface area contributed by atoms with Crippen LogP contribution in [-0.4, -0.2) is 36.5 Å². The van der Waals surface area contributed by atoms with Crippen LogP contribution in [0.5, 0.6) is 0 Å². The maximum atomic E-state index is 13.1. The molecule has 0 aromatic carbocycles. The van der Waals surface area contributed by atoms with Gasteiger partial charge in [0.15, 0.2) is 11.5 Å². The number of hydrogen-bond acceptors (Lipinski definition) is 6. The highest BCUT2D eigenvalue weighted by Gasteiger charge is 2.51. The molecule has 156 valence electrons. The lowest BCUT2D eigenvalue weighted by Crippen LogP contribution is -2.60. The van der Waals surface area contributed by atoms with Crippen LogP contribution in [-0.2, 0) is 4.79 Å². The summed E-state index contributed by atoms with van der Waals surface area (Å²) >= 11 is 3.12. The average molecular weight is 440 g/mol. The number of nitrogens with one attached hydrogen (secondary N) is 1. The van der Waals surface area contributed by atoms with Crippen LogP contribution >= 0.6 is 23.1 Å². The van der Waals surface area contributed by atoms with Gasteiger partial charge in [0.1, 0.15) is 5.03 Å². The largest absolute Gasteiger partial charge is 0.350 e. The predicted molar refractivity (Wildman–Crippen MR) is 118 cm³/mol. The van der Waals surface area contributed by atoms with Crippen LogP contribution < -0.4 is 5.32 Å². The minimum absolute atomic E-state index is 0.0542. The van der Waals surface area contributed by atoms with E-state index in [4.69, 9.17) is 5.10 Å². The molecular weight excluding hydrogens is 414 g/mol. The SMILES string of the molecule is CC(Sc1ccc2nnc(-c3cccs3)n2n1)C(=O)NC12CC3CC(CC(C3)C1)C2. The maximum Gasteiger partial charge on any atom is 0.233 e. The molecular formula is C22H25N5OS2. The average Bonchev–Trinajstić information content (AvgIpc) is 3.35. The van der Waals surface area contributed by atoms with E-state index in [2.05, 4.69) is 15.5 Å². The quantitative estimate of drug-likeness (QED) is 0.596. The molecule has 8 heteroatoms. The fraction of sp³-hybridized carbons (Fsp3) is 0.545. The summed E-state index contributed by atoms with van der Waals surface area (Å²) in [7, 11) is 0. The third-order valence-electron chi connectivity index (χ3n) is 7.07. The molecule has 0 radical (unpaired) electrons. The van der Waals surface area contributed by atoms with Crippen LogP contribution in [0.3, 0.4) is 0 Å². The second-order valence-corrected chi connectivity index (χ2v) is 11.7. The number of fused-ring (bicyclic) bond motifs is 1. The Bertz CT molecular complexity index is 1060. The van der Waals surface area contributed by atoms with Crippen molar-refractivity contribution in [1.29, 1.82) is 0 Å². The predicted octanol–water partition coefficient (Wildman–Crippen LogP) is 4.42. The normalized spacial score (nSPS) is 30.6. The maximum absolute atomic E-state index is 13.1. The van der Waals surface area contributed by atoms with Gasteiger partial charge in [-0.1, -0.05) is 17.8 Å². The molecule has 4 fully saturated rings. The molecule has 7 rings (SSSR count). The topological polar surface area (TPSA) is 72.2 Å². The molecule has 1 N–H and O–H groups in total. The zero-order valence-corrected chi connectivity index (χ0v) is 18.6. The molecule has 4 bridgehead atoms. The van der Waals surface area contributed by atoms with Gasteiger partial charge in [-0.3, -0.25) is 4.79 Å². The van der Waals surface area contributed by atoms with E-state index in [1.807, 2.05) is 36.6 Å². The summed E-state index contributed by atoms with van der Waals surface area (Å²) in [5.41, 5.74) is 0.770. The Balaban J connectivity index is 1.19.